The number of pyridine rings is 1. The highest BCUT2D eigenvalue weighted by Crippen LogP contribution is 2.23. The lowest BCUT2D eigenvalue weighted by atomic mass is 9.91. The molecule has 3 rings (SSSR count). The van der Waals surface area contributed by atoms with Crippen molar-refractivity contribution in [2.75, 3.05) is 20.1 Å². The fourth-order valence-electron chi connectivity index (χ4n) is 3.58. The molecule has 1 N–H and O–H groups in total. The number of carbonyl (C=O) groups excluding carboxylic acids is 1. The molecule has 4 nitrogen and oxygen atoms in total. The van der Waals surface area contributed by atoms with Crippen molar-refractivity contribution in [3.63, 3.8) is 0 Å². The van der Waals surface area contributed by atoms with Gasteiger partial charge in [0.15, 0.2) is 0 Å². The fraction of sp³-hybridized carbons (Fsp3) is 0.429. The topological polar surface area (TPSA) is 45.2 Å². The minimum absolute atomic E-state index is 0.0364. The smallest absolute Gasteiger partial charge is 0.253 e. The minimum Gasteiger partial charge on any atom is -0.336 e. The summed E-state index contributed by atoms with van der Waals surface area (Å²) in [4.78, 5) is 19.0. The van der Waals surface area contributed by atoms with E-state index in [9.17, 15) is 4.79 Å². The van der Waals surface area contributed by atoms with Gasteiger partial charge in [-0.1, -0.05) is 12.1 Å². The van der Waals surface area contributed by atoms with Gasteiger partial charge < -0.3 is 10.2 Å². The van der Waals surface area contributed by atoms with Crippen LogP contribution in [0, 0.1) is 13.8 Å². The third-order valence-corrected chi connectivity index (χ3v) is 4.82. The largest absolute Gasteiger partial charge is 0.336 e. The van der Waals surface area contributed by atoms with Gasteiger partial charge in [0.25, 0.3) is 5.91 Å². The van der Waals surface area contributed by atoms with E-state index in [-0.39, 0.29) is 5.91 Å². The Labute approximate surface area is 150 Å². The quantitative estimate of drug-likeness (QED) is 0.929. The van der Waals surface area contributed by atoms with E-state index < -0.39 is 0 Å². The zero-order valence-corrected chi connectivity index (χ0v) is 15.4. The first-order chi connectivity index (χ1) is 12.0. The first kappa shape index (κ1) is 17.6. The highest BCUT2D eigenvalue weighted by Gasteiger charge is 2.17. The maximum atomic E-state index is 12.7. The molecule has 0 spiro atoms. The summed E-state index contributed by atoms with van der Waals surface area (Å²) >= 11 is 0. The van der Waals surface area contributed by atoms with Crippen molar-refractivity contribution in [3.8, 4) is 0 Å². The Kier molecular flexibility index (Phi) is 5.49. The van der Waals surface area contributed by atoms with Gasteiger partial charge in [-0.25, -0.2) is 0 Å². The molecule has 2 heterocycles. The van der Waals surface area contributed by atoms with Gasteiger partial charge in [0.1, 0.15) is 0 Å². The average Bonchev–Trinajstić information content (AvgIpc) is 2.61. The van der Waals surface area contributed by atoms with Crippen LogP contribution in [0.5, 0.6) is 0 Å². The molecule has 1 aliphatic rings. The molecule has 1 aliphatic heterocycles. The molecule has 4 heteroatoms. The summed E-state index contributed by atoms with van der Waals surface area (Å²) in [5.41, 5.74) is 5.15. The zero-order valence-electron chi connectivity index (χ0n) is 15.4. The number of piperidine rings is 1. The molecule has 0 aliphatic carbocycles. The Morgan fingerprint density at radius 2 is 2.00 bits per heavy atom. The lowest BCUT2D eigenvalue weighted by Crippen LogP contribution is -2.28. The van der Waals surface area contributed by atoms with Crippen molar-refractivity contribution in [3.05, 3.63) is 64.5 Å². The number of hydrogen-bond donors (Lipinski definition) is 1. The predicted molar refractivity (Wildman–Crippen MR) is 101 cm³/mol. The first-order valence-electron chi connectivity index (χ1n) is 9.03. The van der Waals surface area contributed by atoms with Crippen molar-refractivity contribution in [2.24, 2.45) is 0 Å². The van der Waals surface area contributed by atoms with Crippen molar-refractivity contribution >= 4 is 5.91 Å². The molecule has 25 heavy (non-hydrogen) atoms. The van der Waals surface area contributed by atoms with E-state index in [1.165, 1.54) is 24.0 Å². The Hall–Kier alpha value is -2.20. The predicted octanol–water partition coefficient (Wildman–Crippen LogP) is 3.44. The summed E-state index contributed by atoms with van der Waals surface area (Å²) in [7, 11) is 1.83. The van der Waals surface area contributed by atoms with Crippen LogP contribution in [-0.4, -0.2) is 35.9 Å². The summed E-state index contributed by atoms with van der Waals surface area (Å²) in [6, 6.07) is 12.2. The second-order valence-electron chi connectivity index (χ2n) is 7.10. The molecule has 1 aromatic carbocycles. The second-order valence-corrected chi connectivity index (χ2v) is 7.10. The van der Waals surface area contributed by atoms with E-state index in [2.05, 4.69) is 29.4 Å². The number of aromatic nitrogens is 1. The van der Waals surface area contributed by atoms with Crippen LogP contribution in [0.15, 0.2) is 36.4 Å². The molecular weight excluding hydrogens is 310 g/mol. The van der Waals surface area contributed by atoms with E-state index in [1.54, 1.807) is 4.90 Å². The second kappa shape index (κ2) is 7.79. The summed E-state index contributed by atoms with van der Waals surface area (Å²) in [6.07, 6.45) is 2.44. The molecule has 1 unspecified atom stereocenters. The zero-order chi connectivity index (χ0) is 17.8. The average molecular weight is 337 g/mol. The standard InChI is InChI=1S/C21H27N3O/c1-15-11-16(2)23-20(12-15)14-24(3)21(25)18-8-6-17(7-9-18)19-5-4-10-22-13-19/h6-9,11-12,19,22H,4-5,10,13-14H2,1-3H3. The third-order valence-electron chi connectivity index (χ3n) is 4.82. The van der Waals surface area contributed by atoms with Gasteiger partial charge >= 0.3 is 0 Å². The van der Waals surface area contributed by atoms with E-state index in [0.717, 1.165) is 30.0 Å². The Bertz CT molecular complexity index is 713. The van der Waals surface area contributed by atoms with Gasteiger partial charge in [0, 0.05) is 24.8 Å². The number of hydrogen-bond acceptors (Lipinski definition) is 3. The number of amides is 1. The van der Waals surface area contributed by atoms with E-state index in [0.29, 0.717) is 12.5 Å². The minimum atomic E-state index is 0.0364. The normalized spacial score (nSPS) is 17.3. The van der Waals surface area contributed by atoms with Crippen LogP contribution in [-0.2, 0) is 6.54 Å². The molecule has 1 atom stereocenters. The van der Waals surface area contributed by atoms with Gasteiger partial charge in [-0.3, -0.25) is 9.78 Å². The van der Waals surface area contributed by atoms with Crippen LogP contribution in [0.4, 0.5) is 0 Å². The van der Waals surface area contributed by atoms with Crippen molar-refractivity contribution in [1.82, 2.24) is 15.2 Å². The lowest BCUT2D eigenvalue weighted by Gasteiger charge is -2.23. The van der Waals surface area contributed by atoms with E-state index in [4.69, 9.17) is 0 Å². The number of nitrogens with zero attached hydrogens (tertiary/aromatic N) is 2. The Morgan fingerprint density at radius 3 is 2.64 bits per heavy atom. The summed E-state index contributed by atoms with van der Waals surface area (Å²) in [5.74, 6) is 0.601. The van der Waals surface area contributed by atoms with Crippen LogP contribution in [0.1, 0.15) is 51.6 Å². The Morgan fingerprint density at radius 1 is 1.24 bits per heavy atom. The van der Waals surface area contributed by atoms with Crippen LogP contribution in [0.2, 0.25) is 0 Å². The molecular formula is C21H27N3O. The highest BCUT2D eigenvalue weighted by atomic mass is 16.2. The fourth-order valence-corrected chi connectivity index (χ4v) is 3.58. The molecule has 0 saturated carbocycles. The van der Waals surface area contributed by atoms with E-state index >= 15 is 0 Å². The molecule has 1 saturated heterocycles. The number of aryl methyl sites for hydroxylation is 2. The number of nitrogens with one attached hydrogen (secondary N) is 1. The summed E-state index contributed by atoms with van der Waals surface area (Å²) in [5, 5.41) is 3.44. The van der Waals surface area contributed by atoms with Gasteiger partial charge in [-0.15, -0.1) is 0 Å². The van der Waals surface area contributed by atoms with Gasteiger partial charge in [0.05, 0.1) is 12.2 Å². The maximum Gasteiger partial charge on any atom is 0.253 e. The monoisotopic (exact) mass is 337 g/mol. The SMILES string of the molecule is Cc1cc(C)nc(CN(C)C(=O)c2ccc(C3CCCNC3)cc2)c1. The van der Waals surface area contributed by atoms with E-state index in [1.807, 2.05) is 38.2 Å². The molecule has 0 bridgehead atoms. The lowest BCUT2D eigenvalue weighted by molar-refractivity contribution is 0.0783. The summed E-state index contributed by atoms with van der Waals surface area (Å²) < 4.78 is 0. The van der Waals surface area contributed by atoms with Gasteiger partial charge in [-0.05, 0) is 74.5 Å². The van der Waals surface area contributed by atoms with Crippen LogP contribution >= 0.6 is 0 Å². The molecule has 1 fully saturated rings. The molecule has 132 valence electrons. The maximum absolute atomic E-state index is 12.7. The van der Waals surface area contributed by atoms with Crippen LogP contribution in [0.3, 0.4) is 0 Å². The number of rotatable bonds is 4. The van der Waals surface area contributed by atoms with Crippen LogP contribution < -0.4 is 5.32 Å². The molecule has 1 aromatic heterocycles. The third kappa shape index (κ3) is 4.45. The van der Waals surface area contributed by atoms with Crippen molar-refractivity contribution in [2.45, 2.75) is 39.2 Å². The summed E-state index contributed by atoms with van der Waals surface area (Å²) in [6.45, 7) is 6.71. The Balaban J connectivity index is 1.67. The van der Waals surface area contributed by atoms with Gasteiger partial charge in [-0.2, -0.15) is 0 Å². The van der Waals surface area contributed by atoms with Crippen molar-refractivity contribution < 1.29 is 4.79 Å². The highest BCUT2D eigenvalue weighted by molar-refractivity contribution is 5.94. The first-order valence-corrected chi connectivity index (χ1v) is 9.03. The van der Waals surface area contributed by atoms with Crippen molar-refractivity contribution in [1.29, 1.82) is 0 Å². The number of carbonyl (C=O) groups is 1. The van der Waals surface area contributed by atoms with Crippen LogP contribution in [0.25, 0.3) is 0 Å². The number of benzene rings is 1. The molecule has 0 radical (unpaired) electrons. The molecule has 1 amide bonds. The molecule has 2 aromatic rings. The van der Waals surface area contributed by atoms with Gasteiger partial charge in [0.2, 0.25) is 0 Å².